The number of aromatic nitrogens is 2. The molecule has 0 atom stereocenters. The second-order valence-electron chi connectivity index (χ2n) is 4.46. The highest BCUT2D eigenvalue weighted by Gasteiger charge is 2.08. The van der Waals surface area contributed by atoms with Crippen molar-refractivity contribution in [3.8, 4) is 0 Å². The van der Waals surface area contributed by atoms with Crippen LogP contribution >= 0.6 is 0 Å². The lowest BCUT2D eigenvalue weighted by atomic mass is 10.0. The molecule has 0 unspecified atom stereocenters. The quantitative estimate of drug-likeness (QED) is 0.655. The van der Waals surface area contributed by atoms with Crippen LogP contribution < -0.4 is 11.3 Å². The van der Waals surface area contributed by atoms with E-state index in [1.807, 2.05) is 24.4 Å². The van der Waals surface area contributed by atoms with Gasteiger partial charge in [-0.2, -0.15) is 0 Å². The summed E-state index contributed by atoms with van der Waals surface area (Å²) in [7, 11) is 0. The van der Waals surface area contributed by atoms with Crippen LogP contribution in [0.4, 0.5) is 0 Å². The van der Waals surface area contributed by atoms with Gasteiger partial charge in [-0.25, -0.2) is 0 Å². The first-order chi connectivity index (χ1) is 8.81. The van der Waals surface area contributed by atoms with Gasteiger partial charge in [0.15, 0.2) is 0 Å². The van der Waals surface area contributed by atoms with Gasteiger partial charge in [0.25, 0.3) is 5.56 Å². The summed E-state index contributed by atoms with van der Waals surface area (Å²) in [5, 5.41) is 2.88. The Labute approximate surface area is 104 Å². The zero-order chi connectivity index (χ0) is 12.5. The number of nitrogens with two attached hydrogens (primary N) is 1. The molecular weight excluding hydrogens is 226 g/mol. The van der Waals surface area contributed by atoms with Gasteiger partial charge < -0.3 is 15.7 Å². The monoisotopic (exact) mass is 241 g/mol. The molecule has 2 heterocycles. The first kappa shape index (κ1) is 11.0. The molecule has 2 aromatic heterocycles. The van der Waals surface area contributed by atoms with E-state index in [0.717, 1.165) is 34.5 Å². The molecule has 0 aliphatic heterocycles. The van der Waals surface area contributed by atoms with E-state index in [1.165, 1.54) is 5.56 Å². The molecule has 0 spiro atoms. The summed E-state index contributed by atoms with van der Waals surface area (Å²) in [5.41, 5.74) is 7.82. The lowest BCUT2D eigenvalue weighted by Crippen LogP contribution is -2.04. The smallest absolute Gasteiger partial charge is 0.255 e. The van der Waals surface area contributed by atoms with E-state index >= 15 is 0 Å². The highest BCUT2D eigenvalue weighted by Crippen LogP contribution is 2.26. The second-order valence-corrected chi connectivity index (χ2v) is 4.46. The van der Waals surface area contributed by atoms with Crippen LogP contribution in [0.3, 0.4) is 0 Å². The first-order valence-electron chi connectivity index (χ1n) is 6.11. The van der Waals surface area contributed by atoms with Crippen LogP contribution in [0.2, 0.25) is 0 Å². The van der Waals surface area contributed by atoms with Gasteiger partial charge in [0.1, 0.15) is 0 Å². The average molecular weight is 241 g/mol. The predicted octanol–water partition coefficient (Wildman–Crippen LogP) is 1.90. The van der Waals surface area contributed by atoms with E-state index in [9.17, 15) is 4.79 Å². The van der Waals surface area contributed by atoms with Gasteiger partial charge in [-0.15, -0.1) is 0 Å². The SMILES string of the molecule is NCCCc1c[nH]c2ccc3c(=O)[nH]ccc3c12. The molecule has 0 aliphatic rings. The molecule has 4 nitrogen and oxygen atoms in total. The maximum absolute atomic E-state index is 11.8. The van der Waals surface area contributed by atoms with Crippen molar-refractivity contribution in [2.45, 2.75) is 12.8 Å². The van der Waals surface area contributed by atoms with E-state index in [-0.39, 0.29) is 5.56 Å². The summed E-state index contributed by atoms with van der Waals surface area (Å²) >= 11 is 0. The Morgan fingerprint density at radius 1 is 1.11 bits per heavy atom. The van der Waals surface area contributed by atoms with Gasteiger partial charge in [-0.05, 0) is 48.5 Å². The third kappa shape index (κ3) is 1.62. The third-order valence-corrected chi connectivity index (χ3v) is 3.33. The number of pyridine rings is 1. The Balaban J connectivity index is 2.34. The van der Waals surface area contributed by atoms with Crippen molar-refractivity contribution in [3.63, 3.8) is 0 Å². The third-order valence-electron chi connectivity index (χ3n) is 3.33. The Morgan fingerprint density at radius 3 is 2.83 bits per heavy atom. The highest BCUT2D eigenvalue weighted by molar-refractivity contribution is 6.07. The van der Waals surface area contributed by atoms with Crippen molar-refractivity contribution in [2.75, 3.05) is 6.54 Å². The number of rotatable bonds is 3. The summed E-state index contributed by atoms with van der Waals surface area (Å²) in [4.78, 5) is 17.7. The maximum Gasteiger partial charge on any atom is 0.255 e. The molecule has 1 aromatic carbocycles. The van der Waals surface area contributed by atoms with Gasteiger partial charge in [-0.1, -0.05) is 0 Å². The Bertz CT molecular complexity index is 754. The first-order valence-corrected chi connectivity index (χ1v) is 6.11. The fraction of sp³-hybridized carbons (Fsp3) is 0.214. The summed E-state index contributed by atoms with van der Waals surface area (Å²) in [6.45, 7) is 0.679. The van der Waals surface area contributed by atoms with Gasteiger partial charge in [0, 0.05) is 28.7 Å². The number of hydrogen-bond acceptors (Lipinski definition) is 2. The average Bonchev–Trinajstić information content (AvgIpc) is 2.80. The fourth-order valence-electron chi connectivity index (χ4n) is 2.46. The van der Waals surface area contributed by atoms with E-state index in [4.69, 9.17) is 5.73 Å². The number of benzene rings is 1. The van der Waals surface area contributed by atoms with Crippen LogP contribution in [0.25, 0.3) is 21.7 Å². The largest absolute Gasteiger partial charge is 0.361 e. The van der Waals surface area contributed by atoms with Gasteiger partial charge in [-0.3, -0.25) is 4.79 Å². The molecule has 3 rings (SSSR count). The normalized spacial score (nSPS) is 11.4. The molecule has 0 saturated heterocycles. The molecule has 0 bridgehead atoms. The Morgan fingerprint density at radius 2 is 2.00 bits per heavy atom. The van der Waals surface area contributed by atoms with Crippen molar-refractivity contribution in [3.05, 3.63) is 46.5 Å². The summed E-state index contributed by atoms with van der Waals surface area (Å²) in [6.07, 6.45) is 5.60. The fourth-order valence-corrected chi connectivity index (χ4v) is 2.46. The van der Waals surface area contributed by atoms with Gasteiger partial charge >= 0.3 is 0 Å². The molecule has 3 aromatic rings. The van der Waals surface area contributed by atoms with E-state index in [2.05, 4.69) is 9.97 Å². The van der Waals surface area contributed by atoms with Gasteiger partial charge in [0.2, 0.25) is 0 Å². The molecular formula is C14H15N3O. The number of aryl methyl sites for hydroxylation is 1. The van der Waals surface area contributed by atoms with Crippen molar-refractivity contribution in [1.82, 2.24) is 9.97 Å². The van der Waals surface area contributed by atoms with E-state index < -0.39 is 0 Å². The van der Waals surface area contributed by atoms with Crippen molar-refractivity contribution in [2.24, 2.45) is 5.73 Å². The predicted molar refractivity (Wildman–Crippen MR) is 73.8 cm³/mol. The molecule has 0 radical (unpaired) electrons. The molecule has 92 valence electrons. The molecule has 0 amide bonds. The zero-order valence-corrected chi connectivity index (χ0v) is 9.99. The second kappa shape index (κ2) is 4.31. The van der Waals surface area contributed by atoms with Crippen LogP contribution in [-0.4, -0.2) is 16.5 Å². The van der Waals surface area contributed by atoms with E-state index in [1.54, 1.807) is 6.20 Å². The van der Waals surface area contributed by atoms with Gasteiger partial charge in [0.05, 0.1) is 0 Å². The zero-order valence-electron chi connectivity index (χ0n) is 9.99. The van der Waals surface area contributed by atoms with Crippen LogP contribution in [0.15, 0.2) is 35.4 Å². The molecule has 18 heavy (non-hydrogen) atoms. The molecule has 4 N–H and O–H groups in total. The number of fused-ring (bicyclic) bond motifs is 3. The Kier molecular flexibility index (Phi) is 2.64. The van der Waals surface area contributed by atoms with Crippen LogP contribution in [0.1, 0.15) is 12.0 Å². The van der Waals surface area contributed by atoms with Crippen molar-refractivity contribution in [1.29, 1.82) is 0 Å². The van der Waals surface area contributed by atoms with Crippen LogP contribution in [0.5, 0.6) is 0 Å². The lowest BCUT2D eigenvalue weighted by Gasteiger charge is -2.02. The van der Waals surface area contributed by atoms with Crippen molar-refractivity contribution >= 4 is 21.7 Å². The minimum absolute atomic E-state index is 0.0413. The summed E-state index contributed by atoms with van der Waals surface area (Å²) < 4.78 is 0. The van der Waals surface area contributed by atoms with Crippen LogP contribution in [0, 0.1) is 0 Å². The Hall–Kier alpha value is -2.07. The molecule has 0 fully saturated rings. The highest BCUT2D eigenvalue weighted by atomic mass is 16.1. The number of H-pyrrole nitrogens is 2. The summed E-state index contributed by atoms with van der Waals surface area (Å²) in [5.74, 6) is 0. The lowest BCUT2D eigenvalue weighted by molar-refractivity contribution is 0.837. The number of aromatic amines is 2. The van der Waals surface area contributed by atoms with E-state index in [0.29, 0.717) is 6.54 Å². The minimum atomic E-state index is -0.0413. The topological polar surface area (TPSA) is 74.7 Å². The number of hydrogen-bond donors (Lipinski definition) is 3. The van der Waals surface area contributed by atoms with Crippen molar-refractivity contribution < 1.29 is 0 Å². The maximum atomic E-state index is 11.8. The number of nitrogens with one attached hydrogen (secondary N) is 2. The molecule has 0 aliphatic carbocycles. The van der Waals surface area contributed by atoms with Crippen LogP contribution in [-0.2, 0) is 6.42 Å². The molecule has 4 heteroatoms. The summed E-state index contributed by atoms with van der Waals surface area (Å²) in [6, 6.07) is 5.78. The standard InChI is InChI=1S/C14H15N3O/c15-6-1-2-9-8-17-12-4-3-11-10(13(9)12)5-7-16-14(11)18/h3-5,7-8,17H,1-2,6,15H2,(H,16,18). The molecule has 0 saturated carbocycles. The minimum Gasteiger partial charge on any atom is -0.361 e.